The average Bonchev–Trinajstić information content (AvgIpc) is 2.87. The van der Waals surface area contributed by atoms with Crippen LogP contribution in [-0.4, -0.2) is 21.9 Å². The molecule has 0 unspecified atom stereocenters. The molecule has 2 aromatic heterocycles. The number of hydrogen-bond donors (Lipinski definition) is 2. The van der Waals surface area contributed by atoms with Crippen LogP contribution in [0, 0.1) is 0 Å². The molecule has 2 heterocycles. The van der Waals surface area contributed by atoms with E-state index in [1.165, 1.54) is 22.7 Å². The third-order valence-electron chi connectivity index (χ3n) is 1.80. The summed E-state index contributed by atoms with van der Waals surface area (Å²) in [5, 5.41) is 10.7. The first-order valence-electron chi connectivity index (χ1n) is 5.08. The van der Waals surface area contributed by atoms with E-state index in [4.69, 9.17) is 0 Å². The minimum Gasteiger partial charge on any atom is -0.359 e. The molecule has 0 fully saturated rings. The molecule has 17 heavy (non-hydrogen) atoms. The van der Waals surface area contributed by atoms with Gasteiger partial charge in [0.1, 0.15) is 5.69 Å². The standard InChI is InChI=1S/C10H12N4OS2/c1-6(2)12-10-13-7(5-17-10)8(15)14-9-11-3-4-16-9/h3-6H,1-2H3,(H,12,13)(H,11,14,15). The molecule has 0 radical (unpaired) electrons. The van der Waals surface area contributed by atoms with Crippen molar-refractivity contribution >= 4 is 38.8 Å². The highest BCUT2D eigenvalue weighted by molar-refractivity contribution is 7.14. The summed E-state index contributed by atoms with van der Waals surface area (Å²) in [4.78, 5) is 20.0. The molecule has 0 spiro atoms. The third-order valence-corrected chi connectivity index (χ3v) is 3.26. The van der Waals surface area contributed by atoms with Gasteiger partial charge in [-0.15, -0.1) is 22.7 Å². The Morgan fingerprint density at radius 3 is 2.82 bits per heavy atom. The van der Waals surface area contributed by atoms with Gasteiger partial charge in [-0.25, -0.2) is 9.97 Å². The van der Waals surface area contributed by atoms with Crippen LogP contribution in [0.25, 0.3) is 0 Å². The van der Waals surface area contributed by atoms with Crippen LogP contribution < -0.4 is 10.6 Å². The molecular formula is C10H12N4OS2. The molecule has 0 saturated heterocycles. The lowest BCUT2D eigenvalue weighted by Crippen LogP contribution is -2.13. The van der Waals surface area contributed by atoms with Gasteiger partial charge in [0.25, 0.3) is 5.91 Å². The Kier molecular flexibility index (Phi) is 3.70. The molecule has 0 aliphatic heterocycles. The van der Waals surface area contributed by atoms with E-state index in [1.54, 1.807) is 11.6 Å². The summed E-state index contributed by atoms with van der Waals surface area (Å²) in [6.07, 6.45) is 1.65. The number of nitrogens with one attached hydrogen (secondary N) is 2. The van der Waals surface area contributed by atoms with Crippen molar-refractivity contribution in [3.05, 3.63) is 22.7 Å². The lowest BCUT2D eigenvalue weighted by molar-refractivity contribution is 0.102. The Morgan fingerprint density at radius 2 is 2.18 bits per heavy atom. The molecule has 2 aromatic rings. The van der Waals surface area contributed by atoms with Gasteiger partial charge >= 0.3 is 0 Å². The van der Waals surface area contributed by atoms with Crippen LogP contribution in [0.1, 0.15) is 24.3 Å². The number of carbonyl (C=O) groups excluding carboxylic acids is 1. The predicted octanol–water partition coefficient (Wildman–Crippen LogP) is 2.67. The number of anilines is 2. The van der Waals surface area contributed by atoms with Crippen LogP contribution in [0.4, 0.5) is 10.3 Å². The average molecular weight is 268 g/mol. The molecule has 5 nitrogen and oxygen atoms in total. The fraction of sp³-hybridized carbons (Fsp3) is 0.300. The van der Waals surface area contributed by atoms with Gasteiger partial charge in [-0.3, -0.25) is 10.1 Å². The first-order valence-corrected chi connectivity index (χ1v) is 6.84. The molecule has 0 aliphatic carbocycles. The summed E-state index contributed by atoms with van der Waals surface area (Å²) < 4.78 is 0. The predicted molar refractivity (Wildman–Crippen MR) is 70.9 cm³/mol. The monoisotopic (exact) mass is 268 g/mol. The number of rotatable bonds is 4. The van der Waals surface area contributed by atoms with Crippen LogP contribution in [-0.2, 0) is 0 Å². The second-order valence-corrected chi connectivity index (χ2v) is 5.38. The molecule has 7 heteroatoms. The Bertz CT molecular complexity index is 492. The Balaban J connectivity index is 2.02. The molecule has 0 bridgehead atoms. The van der Waals surface area contributed by atoms with Crippen LogP contribution in [0.2, 0.25) is 0 Å². The molecule has 0 saturated carbocycles. The van der Waals surface area contributed by atoms with Crippen molar-refractivity contribution < 1.29 is 4.79 Å². The minimum absolute atomic E-state index is 0.229. The normalized spacial score (nSPS) is 10.5. The lowest BCUT2D eigenvalue weighted by atomic mass is 10.4. The number of thiazole rings is 2. The summed E-state index contributed by atoms with van der Waals surface area (Å²) >= 11 is 2.80. The van der Waals surface area contributed by atoms with Gasteiger partial charge < -0.3 is 5.32 Å². The van der Waals surface area contributed by atoms with Gasteiger partial charge in [0.05, 0.1) is 0 Å². The maximum absolute atomic E-state index is 11.8. The van der Waals surface area contributed by atoms with E-state index in [9.17, 15) is 4.79 Å². The highest BCUT2D eigenvalue weighted by atomic mass is 32.1. The van der Waals surface area contributed by atoms with Crippen LogP contribution in [0.5, 0.6) is 0 Å². The molecule has 0 atom stereocenters. The van der Waals surface area contributed by atoms with Gasteiger partial charge in [-0.05, 0) is 13.8 Å². The van der Waals surface area contributed by atoms with Gasteiger partial charge in [0.15, 0.2) is 10.3 Å². The van der Waals surface area contributed by atoms with Crippen molar-refractivity contribution in [1.29, 1.82) is 0 Å². The van der Waals surface area contributed by atoms with Gasteiger partial charge in [0, 0.05) is 23.0 Å². The Morgan fingerprint density at radius 1 is 1.35 bits per heavy atom. The van der Waals surface area contributed by atoms with E-state index in [-0.39, 0.29) is 5.91 Å². The molecular weight excluding hydrogens is 256 g/mol. The molecule has 1 amide bonds. The SMILES string of the molecule is CC(C)Nc1nc(C(=O)Nc2nccs2)cs1. The van der Waals surface area contributed by atoms with Crippen molar-refractivity contribution in [2.75, 3.05) is 10.6 Å². The Hall–Kier alpha value is -1.47. The number of amides is 1. The van der Waals surface area contributed by atoms with Crippen molar-refractivity contribution in [3.8, 4) is 0 Å². The minimum atomic E-state index is -0.229. The van der Waals surface area contributed by atoms with E-state index in [1.807, 2.05) is 19.2 Å². The van der Waals surface area contributed by atoms with Crippen molar-refractivity contribution in [2.24, 2.45) is 0 Å². The highest BCUT2D eigenvalue weighted by Gasteiger charge is 2.12. The van der Waals surface area contributed by atoms with E-state index < -0.39 is 0 Å². The maximum atomic E-state index is 11.8. The van der Waals surface area contributed by atoms with E-state index >= 15 is 0 Å². The molecule has 0 aliphatic rings. The van der Waals surface area contributed by atoms with E-state index in [0.717, 1.165) is 5.13 Å². The fourth-order valence-corrected chi connectivity index (χ4v) is 2.50. The lowest BCUT2D eigenvalue weighted by Gasteiger charge is -2.04. The smallest absolute Gasteiger partial charge is 0.276 e. The van der Waals surface area contributed by atoms with Gasteiger partial charge in [-0.2, -0.15) is 0 Å². The van der Waals surface area contributed by atoms with Crippen LogP contribution in [0.3, 0.4) is 0 Å². The molecule has 2 rings (SSSR count). The summed E-state index contributed by atoms with van der Waals surface area (Å²) in [6.45, 7) is 4.05. The van der Waals surface area contributed by atoms with E-state index in [2.05, 4.69) is 20.6 Å². The second-order valence-electron chi connectivity index (χ2n) is 3.63. The maximum Gasteiger partial charge on any atom is 0.276 e. The third kappa shape index (κ3) is 3.24. The quantitative estimate of drug-likeness (QED) is 0.894. The number of carbonyl (C=O) groups is 1. The molecule has 2 N–H and O–H groups in total. The van der Waals surface area contributed by atoms with Crippen LogP contribution in [0.15, 0.2) is 17.0 Å². The highest BCUT2D eigenvalue weighted by Crippen LogP contribution is 2.18. The van der Waals surface area contributed by atoms with Crippen LogP contribution >= 0.6 is 22.7 Å². The van der Waals surface area contributed by atoms with Gasteiger partial charge in [0.2, 0.25) is 0 Å². The number of nitrogens with zero attached hydrogens (tertiary/aromatic N) is 2. The summed E-state index contributed by atoms with van der Waals surface area (Å²) in [5.41, 5.74) is 0.411. The summed E-state index contributed by atoms with van der Waals surface area (Å²) in [5.74, 6) is -0.229. The van der Waals surface area contributed by atoms with Crippen molar-refractivity contribution in [2.45, 2.75) is 19.9 Å². The fourth-order valence-electron chi connectivity index (χ4n) is 1.14. The first-order chi connectivity index (χ1) is 8.15. The number of aromatic nitrogens is 2. The van der Waals surface area contributed by atoms with Crippen molar-refractivity contribution in [3.63, 3.8) is 0 Å². The first kappa shape index (κ1) is 12.0. The zero-order valence-corrected chi connectivity index (χ0v) is 11.1. The van der Waals surface area contributed by atoms with Gasteiger partial charge in [-0.1, -0.05) is 0 Å². The molecule has 0 aromatic carbocycles. The summed E-state index contributed by atoms with van der Waals surface area (Å²) in [6, 6.07) is 0.302. The van der Waals surface area contributed by atoms with Crippen molar-refractivity contribution in [1.82, 2.24) is 9.97 Å². The zero-order valence-electron chi connectivity index (χ0n) is 9.43. The Labute approximate surface area is 107 Å². The largest absolute Gasteiger partial charge is 0.359 e. The molecule has 90 valence electrons. The topological polar surface area (TPSA) is 66.9 Å². The van der Waals surface area contributed by atoms with E-state index in [0.29, 0.717) is 16.9 Å². The number of hydrogen-bond acceptors (Lipinski definition) is 6. The zero-order chi connectivity index (χ0) is 12.3. The summed E-state index contributed by atoms with van der Waals surface area (Å²) in [7, 11) is 0. The second kappa shape index (κ2) is 5.24.